The lowest BCUT2D eigenvalue weighted by Crippen LogP contribution is -2.24. The van der Waals surface area contributed by atoms with Crippen LogP contribution in [-0.2, 0) is 21.3 Å². The van der Waals surface area contributed by atoms with Gasteiger partial charge in [-0.3, -0.25) is 4.21 Å². The Morgan fingerprint density at radius 1 is 1.53 bits per heavy atom. The highest BCUT2D eigenvalue weighted by atomic mass is 32.2. The predicted octanol–water partition coefficient (Wildman–Crippen LogP) is 2.12. The van der Waals surface area contributed by atoms with E-state index in [2.05, 4.69) is 0 Å². The first-order valence-corrected chi connectivity index (χ1v) is 7.20. The van der Waals surface area contributed by atoms with E-state index in [0.29, 0.717) is 5.75 Å². The van der Waals surface area contributed by atoms with Crippen LogP contribution in [0, 0.1) is 0 Å². The van der Waals surface area contributed by atoms with Crippen LogP contribution in [0.3, 0.4) is 0 Å². The third-order valence-corrected chi connectivity index (χ3v) is 5.00. The highest BCUT2D eigenvalue weighted by molar-refractivity contribution is 7.84. The molecular formula is C13H18O3S. The Morgan fingerprint density at radius 2 is 2.35 bits per heavy atom. The Hall–Kier alpha value is -0.870. The van der Waals surface area contributed by atoms with Crippen LogP contribution in [0.2, 0.25) is 0 Å². The Kier molecular flexibility index (Phi) is 4.18. The zero-order valence-corrected chi connectivity index (χ0v) is 11.0. The fourth-order valence-corrected chi connectivity index (χ4v) is 3.68. The van der Waals surface area contributed by atoms with Gasteiger partial charge >= 0.3 is 0 Å². The van der Waals surface area contributed by atoms with E-state index in [1.54, 1.807) is 7.11 Å². The first-order chi connectivity index (χ1) is 8.20. The standard InChI is InChI=1S/C13H18O3S/c1-10-13(6-7-16-10)17(14)9-11-4-3-5-12(8-11)15-2/h3-5,8,10,13H,6-7,9H2,1-2H3/t10-,13+,17-/m0/s1. The van der Waals surface area contributed by atoms with E-state index in [-0.39, 0.29) is 11.4 Å². The van der Waals surface area contributed by atoms with Crippen molar-refractivity contribution in [2.75, 3.05) is 13.7 Å². The van der Waals surface area contributed by atoms with Crippen LogP contribution in [0.4, 0.5) is 0 Å². The molecule has 1 aliphatic rings. The van der Waals surface area contributed by atoms with Gasteiger partial charge in [0.25, 0.3) is 0 Å². The quantitative estimate of drug-likeness (QED) is 0.825. The SMILES string of the molecule is COc1cccc(C[S@](=O)[C@@H]2CCO[C@H]2C)c1. The van der Waals surface area contributed by atoms with E-state index in [9.17, 15) is 4.21 Å². The number of methoxy groups -OCH3 is 1. The second-order valence-corrected chi connectivity index (χ2v) is 5.94. The summed E-state index contributed by atoms with van der Waals surface area (Å²) in [4.78, 5) is 0. The fourth-order valence-electron chi connectivity index (χ4n) is 2.09. The first-order valence-electron chi connectivity index (χ1n) is 5.82. The van der Waals surface area contributed by atoms with Crippen LogP contribution < -0.4 is 4.74 Å². The topological polar surface area (TPSA) is 35.5 Å². The molecule has 0 radical (unpaired) electrons. The molecule has 1 saturated heterocycles. The van der Waals surface area contributed by atoms with E-state index < -0.39 is 10.8 Å². The molecule has 0 amide bonds. The minimum Gasteiger partial charge on any atom is -0.497 e. The van der Waals surface area contributed by atoms with Crippen LogP contribution in [0.5, 0.6) is 5.75 Å². The third kappa shape index (κ3) is 3.07. The minimum absolute atomic E-state index is 0.112. The van der Waals surface area contributed by atoms with E-state index >= 15 is 0 Å². The van der Waals surface area contributed by atoms with Gasteiger partial charge in [0.05, 0.1) is 18.5 Å². The zero-order valence-electron chi connectivity index (χ0n) is 10.2. The second-order valence-electron chi connectivity index (χ2n) is 4.28. The normalized spacial score (nSPS) is 25.8. The van der Waals surface area contributed by atoms with Crippen molar-refractivity contribution < 1.29 is 13.7 Å². The Labute approximate surface area is 105 Å². The van der Waals surface area contributed by atoms with Gasteiger partial charge < -0.3 is 9.47 Å². The maximum Gasteiger partial charge on any atom is 0.119 e. The average molecular weight is 254 g/mol. The van der Waals surface area contributed by atoms with Crippen LogP contribution in [0.15, 0.2) is 24.3 Å². The molecule has 4 heteroatoms. The van der Waals surface area contributed by atoms with Gasteiger partial charge in [-0.25, -0.2) is 0 Å². The van der Waals surface area contributed by atoms with Crippen LogP contribution in [-0.4, -0.2) is 29.3 Å². The molecule has 3 atom stereocenters. The number of hydrogen-bond donors (Lipinski definition) is 0. The van der Waals surface area contributed by atoms with Crippen molar-refractivity contribution in [3.63, 3.8) is 0 Å². The number of rotatable bonds is 4. The summed E-state index contributed by atoms with van der Waals surface area (Å²) < 4.78 is 22.8. The van der Waals surface area contributed by atoms with Gasteiger partial charge in [-0.1, -0.05) is 12.1 Å². The molecule has 0 spiro atoms. The molecule has 2 rings (SSSR count). The zero-order chi connectivity index (χ0) is 12.3. The lowest BCUT2D eigenvalue weighted by molar-refractivity contribution is 0.127. The Morgan fingerprint density at radius 3 is 3.00 bits per heavy atom. The number of benzene rings is 1. The van der Waals surface area contributed by atoms with E-state index in [4.69, 9.17) is 9.47 Å². The molecule has 0 N–H and O–H groups in total. The van der Waals surface area contributed by atoms with Crippen molar-refractivity contribution in [1.29, 1.82) is 0 Å². The maximum atomic E-state index is 12.2. The highest BCUT2D eigenvalue weighted by Gasteiger charge is 2.29. The van der Waals surface area contributed by atoms with E-state index in [1.165, 1.54) is 0 Å². The molecule has 0 unspecified atom stereocenters. The molecule has 17 heavy (non-hydrogen) atoms. The third-order valence-electron chi connectivity index (χ3n) is 3.09. The van der Waals surface area contributed by atoms with Crippen LogP contribution in [0.1, 0.15) is 18.9 Å². The van der Waals surface area contributed by atoms with Gasteiger partial charge in [-0.05, 0) is 31.0 Å². The van der Waals surface area contributed by atoms with Gasteiger partial charge in [0, 0.05) is 23.2 Å². The predicted molar refractivity (Wildman–Crippen MR) is 68.7 cm³/mol. The molecule has 0 aliphatic carbocycles. The van der Waals surface area contributed by atoms with Gasteiger partial charge in [0.15, 0.2) is 0 Å². The summed E-state index contributed by atoms with van der Waals surface area (Å²) in [5.74, 6) is 1.39. The molecule has 1 aromatic carbocycles. The van der Waals surface area contributed by atoms with Crippen molar-refractivity contribution in [2.24, 2.45) is 0 Å². The molecular weight excluding hydrogens is 236 g/mol. The maximum absolute atomic E-state index is 12.2. The molecule has 94 valence electrons. The van der Waals surface area contributed by atoms with E-state index in [0.717, 1.165) is 24.3 Å². The second kappa shape index (κ2) is 5.65. The summed E-state index contributed by atoms with van der Waals surface area (Å²) in [6.07, 6.45) is 1.01. The molecule has 1 fully saturated rings. The molecule has 1 aliphatic heterocycles. The van der Waals surface area contributed by atoms with Gasteiger partial charge in [0.2, 0.25) is 0 Å². The van der Waals surface area contributed by atoms with Crippen LogP contribution >= 0.6 is 0 Å². The van der Waals surface area contributed by atoms with E-state index in [1.807, 2.05) is 31.2 Å². The van der Waals surface area contributed by atoms with Crippen molar-refractivity contribution in [3.05, 3.63) is 29.8 Å². The summed E-state index contributed by atoms with van der Waals surface area (Å²) in [5.41, 5.74) is 1.06. The lowest BCUT2D eigenvalue weighted by Gasteiger charge is -2.13. The summed E-state index contributed by atoms with van der Waals surface area (Å²) in [6.45, 7) is 2.73. The highest BCUT2D eigenvalue weighted by Crippen LogP contribution is 2.22. The first kappa shape index (κ1) is 12.6. The van der Waals surface area contributed by atoms with Crippen molar-refractivity contribution in [3.8, 4) is 5.75 Å². The molecule has 1 heterocycles. The molecule has 3 nitrogen and oxygen atoms in total. The number of ether oxygens (including phenoxy) is 2. The van der Waals surface area contributed by atoms with Gasteiger partial charge in [-0.15, -0.1) is 0 Å². The summed E-state index contributed by atoms with van der Waals surface area (Å²) in [7, 11) is 0.775. The van der Waals surface area contributed by atoms with Crippen LogP contribution in [0.25, 0.3) is 0 Å². The molecule has 0 bridgehead atoms. The fraction of sp³-hybridized carbons (Fsp3) is 0.538. The molecule has 0 saturated carbocycles. The molecule has 1 aromatic rings. The summed E-state index contributed by atoms with van der Waals surface area (Å²) in [5, 5.41) is 0.168. The lowest BCUT2D eigenvalue weighted by atomic mass is 10.2. The average Bonchev–Trinajstić information content (AvgIpc) is 2.76. The van der Waals surface area contributed by atoms with Crippen molar-refractivity contribution >= 4 is 10.8 Å². The number of hydrogen-bond acceptors (Lipinski definition) is 3. The monoisotopic (exact) mass is 254 g/mol. The summed E-state index contributed by atoms with van der Waals surface area (Å²) >= 11 is 0. The largest absolute Gasteiger partial charge is 0.497 e. The van der Waals surface area contributed by atoms with Crippen molar-refractivity contribution in [2.45, 2.75) is 30.5 Å². The summed E-state index contributed by atoms with van der Waals surface area (Å²) in [6, 6.07) is 7.76. The smallest absolute Gasteiger partial charge is 0.119 e. The molecule has 0 aromatic heterocycles. The van der Waals surface area contributed by atoms with Crippen molar-refractivity contribution in [1.82, 2.24) is 0 Å². The Bertz CT molecular complexity index is 405. The minimum atomic E-state index is -0.867. The Balaban J connectivity index is 2.02. The van der Waals surface area contributed by atoms with Gasteiger partial charge in [0.1, 0.15) is 5.75 Å². The van der Waals surface area contributed by atoms with Gasteiger partial charge in [-0.2, -0.15) is 0 Å².